The molecule has 0 aliphatic heterocycles. The van der Waals surface area contributed by atoms with Crippen molar-refractivity contribution in [2.75, 3.05) is 0 Å². The average Bonchev–Trinajstić information content (AvgIpc) is 3.01. The van der Waals surface area contributed by atoms with E-state index in [2.05, 4.69) is 29.6 Å². The van der Waals surface area contributed by atoms with Gasteiger partial charge in [-0.25, -0.2) is 4.98 Å². The first-order valence-corrected chi connectivity index (χ1v) is 7.44. The Morgan fingerprint density at radius 2 is 2.06 bits per heavy atom. The number of hydrogen-bond acceptors (Lipinski definition) is 3. The van der Waals surface area contributed by atoms with Crippen LogP contribution in [0.15, 0.2) is 35.7 Å². The summed E-state index contributed by atoms with van der Waals surface area (Å²) in [5, 5.41) is 3.42. The minimum Gasteiger partial charge on any atom is -0.328 e. The average molecular weight is 258 g/mol. The largest absolute Gasteiger partial charge is 0.328 e. The van der Waals surface area contributed by atoms with E-state index in [1.165, 1.54) is 29.8 Å². The lowest BCUT2D eigenvalue weighted by Crippen LogP contribution is -2.15. The van der Waals surface area contributed by atoms with Crippen molar-refractivity contribution in [2.45, 2.75) is 31.7 Å². The number of hydrogen-bond donors (Lipinski definition) is 1. The Morgan fingerprint density at radius 1 is 1.22 bits per heavy atom. The summed E-state index contributed by atoms with van der Waals surface area (Å²) in [6.45, 7) is 0. The molecule has 1 saturated carbocycles. The van der Waals surface area contributed by atoms with Gasteiger partial charge in [-0.3, -0.25) is 0 Å². The van der Waals surface area contributed by atoms with E-state index in [0.717, 1.165) is 18.0 Å². The van der Waals surface area contributed by atoms with Crippen LogP contribution in [0, 0.1) is 5.92 Å². The fraction of sp³-hybridized carbons (Fsp3) is 0.400. The second-order valence-corrected chi connectivity index (χ2v) is 6.08. The van der Waals surface area contributed by atoms with Crippen LogP contribution in [-0.2, 0) is 6.42 Å². The maximum atomic E-state index is 5.96. The van der Waals surface area contributed by atoms with E-state index in [1.807, 2.05) is 6.07 Å². The van der Waals surface area contributed by atoms with Gasteiger partial charge in [0, 0.05) is 23.4 Å². The highest BCUT2D eigenvalue weighted by Gasteiger charge is 2.22. The minimum atomic E-state index is 0.420. The lowest BCUT2D eigenvalue weighted by molar-refractivity contribution is 0.534. The topological polar surface area (TPSA) is 38.9 Å². The van der Waals surface area contributed by atoms with Gasteiger partial charge >= 0.3 is 0 Å². The van der Waals surface area contributed by atoms with Crippen LogP contribution >= 0.6 is 11.3 Å². The molecule has 1 fully saturated rings. The van der Waals surface area contributed by atoms with E-state index in [9.17, 15) is 0 Å². The predicted octanol–water partition coefficient (Wildman–Crippen LogP) is 3.48. The van der Waals surface area contributed by atoms with Crippen molar-refractivity contribution >= 4 is 11.3 Å². The summed E-state index contributed by atoms with van der Waals surface area (Å²) in [5.74, 6) is 0.745. The summed E-state index contributed by atoms with van der Waals surface area (Å²) in [4.78, 5) is 4.75. The van der Waals surface area contributed by atoms with Crippen molar-refractivity contribution < 1.29 is 0 Å². The van der Waals surface area contributed by atoms with Crippen molar-refractivity contribution in [1.82, 2.24) is 4.98 Å². The van der Waals surface area contributed by atoms with Crippen LogP contribution in [-0.4, -0.2) is 11.0 Å². The number of benzene rings is 1. The zero-order valence-corrected chi connectivity index (χ0v) is 11.2. The van der Waals surface area contributed by atoms with Gasteiger partial charge in [-0.1, -0.05) is 30.3 Å². The Morgan fingerprint density at radius 3 is 2.78 bits per heavy atom. The van der Waals surface area contributed by atoms with Crippen molar-refractivity contribution in [1.29, 1.82) is 0 Å². The molecule has 0 bridgehead atoms. The Labute approximate surface area is 112 Å². The molecule has 2 N–H and O–H groups in total. The second-order valence-electron chi connectivity index (χ2n) is 5.14. The van der Waals surface area contributed by atoms with Crippen LogP contribution in [0.3, 0.4) is 0 Å². The lowest BCUT2D eigenvalue weighted by atomic mass is 10.0. The van der Waals surface area contributed by atoms with E-state index in [-0.39, 0.29) is 0 Å². The molecular formula is C15H18N2S. The molecular weight excluding hydrogens is 240 g/mol. The normalized spacial score (nSPS) is 23.4. The van der Waals surface area contributed by atoms with Crippen molar-refractivity contribution in [3.63, 3.8) is 0 Å². The zero-order chi connectivity index (χ0) is 12.4. The molecule has 1 aliphatic carbocycles. The molecule has 2 atom stereocenters. The van der Waals surface area contributed by atoms with E-state index in [0.29, 0.717) is 6.04 Å². The Hall–Kier alpha value is -1.19. The molecule has 18 heavy (non-hydrogen) atoms. The SMILES string of the molecule is NC1CCC(Cc2nc(-c3ccccc3)cs2)C1. The van der Waals surface area contributed by atoms with Gasteiger partial charge in [0.05, 0.1) is 10.7 Å². The monoisotopic (exact) mass is 258 g/mol. The Kier molecular flexibility index (Phi) is 3.43. The van der Waals surface area contributed by atoms with Crippen LogP contribution < -0.4 is 5.73 Å². The van der Waals surface area contributed by atoms with Crippen LogP contribution in [0.4, 0.5) is 0 Å². The molecule has 0 radical (unpaired) electrons. The fourth-order valence-corrected chi connectivity index (χ4v) is 3.61. The van der Waals surface area contributed by atoms with Gasteiger partial charge in [0.15, 0.2) is 0 Å². The first-order valence-electron chi connectivity index (χ1n) is 6.56. The third-order valence-corrected chi connectivity index (χ3v) is 4.54. The van der Waals surface area contributed by atoms with Crippen molar-refractivity contribution in [3.05, 3.63) is 40.7 Å². The van der Waals surface area contributed by atoms with E-state index in [4.69, 9.17) is 10.7 Å². The quantitative estimate of drug-likeness (QED) is 0.915. The van der Waals surface area contributed by atoms with Crippen LogP contribution in [0.5, 0.6) is 0 Å². The van der Waals surface area contributed by atoms with E-state index >= 15 is 0 Å². The summed E-state index contributed by atoms with van der Waals surface area (Å²) in [5.41, 5.74) is 8.28. The third kappa shape index (κ3) is 2.62. The van der Waals surface area contributed by atoms with Gasteiger partial charge in [-0.15, -0.1) is 11.3 Å². The molecule has 0 amide bonds. The molecule has 2 aromatic rings. The Balaban J connectivity index is 1.70. The molecule has 0 saturated heterocycles. The van der Waals surface area contributed by atoms with Gasteiger partial charge in [-0.2, -0.15) is 0 Å². The second kappa shape index (κ2) is 5.21. The number of nitrogens with zero attached hydrogens (tertiary/aromatic N) is 1. The van der Waals surface area contributed by atoms with Crippen molar-refractivity contribution in [2.24, 2.45) is 11.7 Å². The highest BCUT2D eigenvalue weighted by molar-refractivity contribution is 7.09. The zero-order valence-electron chi connectivity index (χ0n) is 10.4. The molecule has 3 heteroatoms. The number of aromatic nitrogens is 1. The number of rotatable bonds is 3. The molecule has 94 valence electrons. The van der Waals surface area contributed by atoms with Crippen LogP contribution in [0.25, 0.3) is 11.3 Å². The standard InChI is InChI=1S/C15H18N2S/c16-13-7-6-11(8-13)9-15-17-14(10-18-15)12-4-2-1-3-5-12/h1-5,10-11,13H,6-9,16H2. The molecule has 1 aromatic heterocycles. The molecule has 1 aromatic carbocycles. The van der Waals surface area contributed by atoms with Crippen molar-refractivity contribution in [3.8, 4) is 11.3 Å². The van der Waals surface area contributed by atoms with Gasteiger partial charge in [0.25, 0.3) is 0 Å². The number of nitrogens with two attached hydrogens (primary N) is 1. The molecule has 3 rings (SSSR count). The van der Waals surface area contributed by atoms with Crippen LogP contribution in [0.2, 0.25) is 0 Å². The molecule has 1 aliphatic rings. The predicted molar refractivity (Wildman–Crippen MR) is 76.6 cm³/mol. The maximum absolute atomic E-state index is 5.96. The molecule has 0 spiro atoms. The van der Waals surface area contributed by atoms with Crippen LogP contribution in [0.1, 0.15) is 24.3 Å². The smallest absolute Gasteiger partial charge is 0.0935 e. The minimum absolute atomic E-state index is 0.420. The van der Waals surface area contributed by atoms with Gasteiger partial charge < -0.3 is 5.73 Å². The Bertz CT molecular complexity index is 506. The molecule has 2 unspecified atom stereocenters. The summed E-state index contributed by atoms with van der Waals surface area (Å²) in [6.07, 6.45) is 4.72. The van der Waals surface area contributed by atoms with Gasteiger partial charge in [0.2, 0.25) is 0 Å². The molecule has 2 nitrogen and oxygen atoms in total. The summed E-state index contributed by atoms with van der Waals surface area (Å²) in [6, 6.07) is 10.8. The summed E-state index contributed by atoms with van der Waals surface area (Å²) < 4.78 is 0. The number of thiazole rings is 1. The highest BCUT2D eigenvalue weighted by Crippen LogP contribution is 2.30. The first kappa shape index (κ1) is 11.9. The van der Waals surface area contributed by atoms with E-state index in [1.54, 1.807) is 11.3 Å². The maximum Gasteiger partial charge on any atom is 0.0935 e. The summed E-state index contributed by atoms with van der Waals surface area (Å²) >= 11 is 1.78. The van der Waals surface area contributed by atoms with E-state index < -0.39 is 0 Å². The van der Waals surface area contributed by atoms with Gasteiger partial charge in [0.1, 0.15) is 0 Å². The summed E-state index contributed by atoms with van der Waals surface area (Å²) in [7, 11) is 0. The van der Waals surface area contributed by atoms with Gasteiger partial charge in [-0.05, 0) is 25.2 Å². The highest BCUT2D eigenvalue weighted by atomic mass is 32.1. The first-order chi connectivity index (χ1) is 8.81. The fourth-order valence-electron chi connectivity index (χ4n) is 2.69. The lowest BCUT2D eigenvalue weighted by Gasteiger charge is -2.05. The third-order valence-electron chi connectivity index (χ3n) is 3.67. The molecule has 1 heterocycles.